The number of likely N-dealkylation sites (tertiary alicyclic amines) is 1. The Morgan fingerprint density at radius 1 is 1.13 bits per heavy atom. The van der Waals surface area contributed by atoms with Crippen molar-refractivity contribution in [2.75, 3.05) is 13.1 Å². The summed E-state index contributed by atoms with van der Waals surface area (Å²) < 4.78 is 2.07. The van der Waals surface area contributed by atoms with Crippen molar-refractivity contribution in [3.8, 4) is 0 Å². The minimum absolute atomic E-state index is 0.0163. The summed E-state index contributed by atoms with van der Waals surface area (Å²) in [5, 5.41) is 6.06. The molecule has 1 saturated heterocycles. The molecular formula is C23H33N5O2. The van der Waals surface area contributed by atoms with E-state index in [0.29, 0.717) is 25.6 Å². The summed E-state index contributed by atoms with van der Waals surface area (Å²) in [6, 6.07) is 6.80. The molecule has 0 bridgehead atoms. The van der Waals surface area contributed by atoms with Crippen LogP contribution in [-0.2, 0) is 23.2 Å². The van der Waals surface area contributed by atoms with Gasteiger partial charge in [-0.05, 0) is 56.2 Å². The molecule has 4 rings (SSSR count). The summed E-state index contributed by atoms with van der Waals surface area (Å²) in [6.07, 6.45) is 5.16. The minimum Gasteiger partial charge on any atom is -0.355 e. The molecule has 2 aromatic rings. The number of nitrogens with zero attached hydrogens (tertiary/aromatic N) is 3. The fraction of sp³-hybridized carbons (Fsp3) is 0.609. The minimum atomic E-state index is 0.0163. The molecule has 1 aromatic heterocycles. The van der Waals surface area contributed by atoms with Crippen molar-refractivity contribution >= 4 is 22.8 Å². The van der Waals surface area contributed by atoms with Gasteiger partial charge in [-0.15, -0.1) is 0 Å². The molecule has 30 heavy (non-hydrogen) atoms. The molecule has 0 radical (unpaired) electrons. The molecule has 0 spiro atoms. The first kappa shape index (κ1) is 20.8. The number of nitrogens with one attached hydrogen (secondary N) is 2. The first-order valence-electron chi connectivity index (χ1n) is 11.1. The quantitative estimate of drug-likeness (QED) is 0.698. The van der Waals surface area contributed by atoms with Crippen LogP contribution in [0.4, 0.5) is 0 Å². The number of benzene rings is 1. The van der Waals surface area contributed by atoms with Gasteiger partial charge in [0.25, 0.3) is 0 Å². The van der Waals surface area contributed by atoms with Crippen LogP contribution in [0.2, 0.25) is 0 Å². The topological polar surface area (TPSA) is 79.3 Å². The van der Waals surface area contributed by atoms with Gasteiger partial charge in [-0.25, -0.2) is 4.98 Å². The van der Waals surface area contributed by atoms with E-state index in [1.165, 1.54) is 12.8 Å². The second-order valence-corrected chi connectivity index (χ2v) is 8.98. The summed E-state index contributed by atoms with van der Waals surface area (Å²) in [5.41, 5.74) is 3.14. The SMILES string of the molecule is CC(=O)NC[C@H]1CC[C@@H](CC(=O)NCc2ccc3c(c2)nc(C)n3C)N1CC1CC1. The molecule has 2 fully saturated rings. The van der Waals surface area contributed by atoms with E-state index in [1.54, 1.807) is 6.92 Å². The van der Waals surface area contributed by atoms with Crippen LogP contribution in [0.1, 0.15) is 50.4 Å². The number of imidazole rings is 1. The lowest BCUT2D eigenvalue weighted by Gasteiger charge is -2.30. The van der Waals surface area contributed by atoms with Crippen molar-refractivity contribution in [3.63, 3.8) is 0 Å². The summed E-state index contributed by atoms with van der Waals surface area (Å²) in [5.74, 6) is 1.86. The molecule has 2 amide bonds. The summed E-state index contributed by atoms with van der Waals surface area (Å²) in [6.45, 7) is 5.82. The lowest BCUT2D eigenvalue weighted by atomic mass is 10.1. The van der Waals surface area contributed by atoms with Crippen LogP contribution < -0.4 is 10.6 Å². The van der Waals surface area contributed by atoms with Gasteiger partial charge >= 0.3 is 0 Å². The van der Waals surface area contributed by atoms with Crippen LogP contribution in [0.5, 0.6) is 0 Å². The van der Waals surface area contributed by atoms with E-state index < -0.39 is 0 Å². The standard InChI is InChI=1S/C23H33N5O2/c1-15-26-21-10-18(6-9-22(21)27(15)3)12-25-23(30)11-19-7-8-20(13-24-16(2)29)28(19)14-17-4-5-17/h6,9-10,17,19-20H,4-5,7-8,11-14H2,1-3H3,(H,24,29)(H,25,30)/t19-,20+/m0/s1. The Morgan fingerprint density at radius 2 is 1.90 bits per heavy atom. The predicted molar refractivity (Wildman–Crippen MR) is 117 cm³/mol. The number of hydrogen-bond donors (Lipinski definition) is 2. The summed E-state index contributed by atoms with van der Waals surface area (Å²) >= 11 is 0. The highest BCUT2D eigenvalue weighted by Crippen LogP contribution is 2.35. The van der Waals surface area contributed by atoms with E-state index in [1.807, 2.05) is 14.0 Å². The van der Waals surface area contributed by atoms with E-state index >= 15 is 0 Å². The molecule has 1 saturated carbocycles. The third-order valence-electron chi connectivity index (χ3n) is 6.60. The molecule has 162 valence electrons. The van der Waals surface area contributed by atoms with Gasteiger partial charge in [0.2, 0.25) is 11.8 Å². The number of fused-ring (bicyclic) bond motifs is 1. The Kier molecular flexibility index (Phi) is 6.09. The lowest BCUT2D eigenvalue weighted by Crippen LogP contribution is -2.45. The van der Waals surface area contributed by atoms with E-state index in [2.05, 4.69) is 43.3 Å². The van der Waals surface area contributed by atoms with Gasteiger partial charge in [-0.3, -0.25) is 14.5 Å². The second kappa shape index (κ2) is 8.76. The number of aromatic nitrogens is 2. The first-order valence-corrected chi connectivity index (χ1v) is 11.1. The van der Waals surface area contributed by atoms with Gasteiger partial charge in [0.15, 0.2) is 0 Å². The number of carbonyl (C=O) groups is 2. The van der Waals surface area contributed by atoms with Crippen LogP contribution in [0.15, 0.2) is 18.2 Å². The van der Waals surface area contributed by atoms with Gasteiger partial charge < -0.3 is 15.2 Å². The Bertz CT molecular complexity index is 933. The molecule has 7 nitrogen and oxygen atoms in total. The zero-order valence-electron chi connectivity index (χ0n) is 18.3. The molecule has 0 unspecified atom stereocenters. The number of aryl methyl sites for hydroxylation is 2. The molecular weight excluding hydrogens is 378 g/mol. The highest BCUT2D eigenvalue weighted by atomic mass is 16.2. The molecule has 1 aliphatic carbocycles. The predicted octanol–water partition coefficient (Wildman–Crippen LogP) is 2.27. The molecule has 2 N–H and O–H groups in total. The third kappa shape index (κ3) is 4.83. The normalized spacial score (nSPS) is 21.8. The fourth-order valence-corrected chi connectivity index (χ4v) is 4.57. The number of hydrogen-bond acceptors (Lipinski definition) is 4. The molecule has 1 aliphatic heterocycles. The zero-order chi connectivity index (χ0) is 21.3. The van der Waals surface area contributed by atoms with Crippen molar-refractivity contribution in [1.82, 2.24) is 25.1 Å². The Labute approximate surface area is 178 Å². The highest BCUT2D eigenvalue weighted by Gasteiger charge is 2.37. The Morgan fingerprint density at radius 3 is 2.63 bits per heavy atom. The van der Waals surface area contributed by atoms with E-state index in [0.717, 1.165) is 47.7 Å². The average molecular weight is 412 g/mol. The van der Waals surface area contributed by atoms with Crippen molar-refractivity contribution in [1.29, 1.82) is 0 Å². The van der Waals surface area contributed by atoms with Gasteiger partial charge in [-0.1, -0.05) is 6.07 Å². The number of amides is 2. The highest BCUT2D eigenvalue weighted by molar-refractivity contribution is 5.78. The fourth-order valence-electron chi connectivity index (χ4n) is 4.57. The number of carbonyl (C=O) groups excluding carboxylic acids is 2. The third-order valence-corrected chi connectivity index (χ3v) is 6.60. The zero-order valence-corrected chi connectivity index (χ0v) is 18.3. The molecule has 2 aliphatic rings. The maximum atomic E-state index is 12.7. The Hall–Kier alpha value is -2.41. The van der Waals surface area contributed by atoms with Crippen molar-refractivity contribution in [3.05, 3.63) is 29.6 Å². The molecule has 2 atom stereocenters. The van der Waals surface area contributed by atoms with Gasteiger partial charge in [0.1, 0.15) is 5.82 Å². The van der Waals surface area contributed by atoms with Crippen molar-refractivity contribution < 1.29 is 9.59 Å². The van der Waals surface area contributed by atoms with Crippen LogP contribution in [0.3, 0.4) is 0 Å². The molecule has 7 heteroatoms. The maximum absolute atomic E-state index is 12.7. The molecule has 2 heterocycles. The maximum Gasteiger partial charge on any atom is 0.221 e. The van der Waals surface area contributed by atoms with Crippen molar-refractivity contribution in [2.24, 2.45) is 13.0 Å². The van der Waals surface area contributed by atoms with Crippen LogP contribution in [0.25, 0.3) is 11.0 Å². The van der Waals surface area contributed by atoms with Gasteiger partial charge in [-0.2, -0.15) is 0 Å². The summed E-state index contributed by atoms with van der Waals surface area (Å²) in [7, 11) is 2.01. The van der Waals surface area contributed by atoms with Gasteiger partial charge in [0.05, 0.1) is 11.0 Å². The Balaban J connectivity index is 1.32. The molecule has 1 aromatic carbocycles. The van der Waals surface area contributed by atoms with E-state index in [9.17, 15) is 9.59 Å². The summed E-state index contributed by atoms with van der Waals surface area (Å²) in [4.78, 5) is 31.1. The van der Waals surface area contributed by atoms with E-state index in [-0.39, 0.29) is 17.9 Å². The van der Waals surface area contributed by atoms with Crippen LogP contribution in [0, 0.1) is 12.8 Å². The van der Waals surface area contributed by atoms with Gasteiger partial charge in [0, 0.05) is 52.1 Å². The smallest absolute Gasteiger partial charge is 0.221 e. The van der Waals surface area contributed by atoms with Crippen LogP contribution >= 0.6 is 0 Å². The second-order valence-electron chi connectivity index (χ2n) is 8.98. The first-order chi connectivity index (χ1) is 14.4. The lowest BCUT2D eigenvalue weighted by molar-refractivity contribution is -0.122. The monoisotopic (exact) mass is 411 g/mol. The van der Waals surface area contributed by atoms with E-state index in [4.69, 9.17) is 0 Å². The number of rotatable bonds is 8. The van der Waals surface area contributed by atoms with Crippen molar-refractivity contribution in [2.45, 2.75) is 64.6 Å². The average Bonchev–Trinajstić information content (AvgIpc) is 3.39. The van der Waals surface area contributed by atoms with Crippen LogP contribution in [-0.4, -0.2) is 51.4 Å². The largest absolute Gasteiger partial charge is 0.355 e.